The van der Waals surface area contributed by atoms with Crippen molar-refractivity contribution in [1.82, 2.24) is 0 Å². The molecule has 0 radical (unpaired) electrons. The van der Waals surface area contributed by atoms with Crippen molar-refractivity contribution in [3.63, 3.8) is 0 Å². The summed E-state index contributed by atoms with van der Waals surface area (Å²) in [6.45, 7) is 6.73. The molecule has 2 aliphatic rings. The fourth-order valence-corrected chi connectivity index (χ4v) is 2.57. The zero-order valence-electron chi connectivity index (χ0n) is 11.7. The predicted molar refractivity (Wildman–Crippen MR) is 77.1 cm³/mol. The molecule has 1 aliphatic heterocycles. The molecule has 1 saturated carbocycles. The molecule has 0 amide bonds. The highest BCUT2D eigenvalue weighted by Gasteiger charge is 2.31. The van der Waals surface area contributed by atoms with Gasteiger partial charge in [0, 0.05) is 24.7 Å². The summed E-state index contributed by atoms with van der Waals surface area (Å²) >= 11 is 0. The first-order chi connectivity index (χ1) is 9.15. The largest absolute Gasteiger partial charge is 0.486 e. The molecular weight excluding hydrogens is 240 g/mol. The summed E-state index contributed by atoms with van der Waals surface area (Å²) in [5.74, 6) is 2.21. The molecule has 4 heteroatoms. The molecule has 0 unspecified atom stereocenters. The van der Waals surface area contributed by atoms with E-state index in [9.17, 15) is 0 Å². The molecule has 1 heterocycles. The first-order valence-electron chi connectivity index (χ1n) is 7.11. The standard InChI is InChI=1S/C15H22N2O2/c1-10(2)9-17(11-3-4-11)13-8-15-14(7-12(13)16)18-5-6-19-15/h7-8,10-11H,3-6,9,16H2,1-2H3. The first kappa shape index (κ1) is 12.5. The maximum Gasteiger partial charge on any atom is 0.163 e. The van der Waals surface area contributed by atoms with Crippen LogP contribution in [-0.2, 0) is 0 Å². The Hall–Kier alpha value is -1.58. The second kappa shape index (κ2) is 4.83. The number of hydrogen-bond acceptors (Lipinski definition) is 4. The lowest BCUT2D eigenvalue weighted by atomic mass is 10.1. The predicted octanol–water partition coefficient (Wildman–Crippen LogP) is 2.66. The molecule has 0 aromatic heterocycles. The lowest BCUT2D eigenvalue weighted by Gasteiger charge is -2.29. The molecule has 0 bridgehead atoms. The van der Waals surface area contributed by atoms with Crippen LogP contribution < -0.4 is 20.1 Å². The van der Waals surface area contributed by atoms with Crippen molar-refractivity contribution in [1.29, 1.82) is 0 Å². The van der Waals surface area contributed by atoms with Gasteiger partial charge in [-0.05, 0) is 18.8 Å². The zero-order valence-corrected chi connectivity index (χ0v) is 11.7. The van der Waals surface area contributed by atoms with E-state index < -0.39 is 0 Å². The molecule has 1 aromatic carbocycles. The van der Waals surface area contributed by atoms with Crippen LogP contribution in [0.4, 0.5) is 11.4 Å². The molecule has 4 nitrogen and oxygen atoms in total. The number of nitrogens with zero attached hydrogens (tertiary/aromatic N) is 1. The number of nitrogen functional groups attached to an aromatic ring is 1. The van der Waals surface area contributed by atoms with Crippen LogP contribution in [0.1, 0.15) is 26.7 Å². The highest BCUT2D eigenvalue weighted by Crippen LogP contribution is 2.42. The second-order valence-electron chi connectivity index (χ2n) is 5.83. The van der Waals surface area contributed by atoms with Crippen LogP contribution in [0.2, 0.25) is 0 Å². The number of benzene rings is 1. The van der Waals surface area contributed by atoms with E-state index in [1.807, 2.05) is 12.1 Å². The van der Waals surface area contributed by atoms with E-state index in [4.69, 9.17) is 15.2 Å². The van der Waals surface area contributed by atoms with E-state index >= 15 is 0 Å². The normalized spacial score (nSPS) is 17.6. The van der Waals surface area contributed by atoms with Gasteiger partial charge < -0.3 is 20.1 Å². The van der Waals surface area contributed by atoms with E-state index in [0.29, 0.717) is 25.2 Å². The highest BCUT2D eigenvalue weighted by atomic mass is 16.6. The highest BCUT2D eigenvalue weighted by molar-refractivity contribution is 5.74. The Morgan fingerprint density at radius 1 is 1.21 bits per heavy atom. The molecule has 104 valence electrons. The Bertz CT molecular complexity index is 469. The number of anilines is 2. The van der Waals surface area contributed by atoms with Gasteiger partial charge in [-0.1, -0.05) is 13.8 Å². The van der Waals surface area contributed by atoms with Gasteiger partial charge in [0.1, 0.15) is 13.2 Å². The van der Waals surface area contributed by atoms with Crippen molar-refractivity contribution in [3.05, 3.63) is 12.1 Å². The van der Waals surface area contributed by atoms with Gasteiger partial charge in [0.2, 0.25) is 0 Å². The summed E-state index contributed by atoms with van der Waals surface area (Å²) in [6.07, 6.45) is 2.53. The third-order valence-electron chi connectivity index (χ3n) is 3.55. The summed E-state index contributed by atoms with van der Waals surface area (Å²) in [5.41, 5.74) is 8.10. The van der Waals surface area contributed by atoms with Crippen molar-refractivity contribution in [3.8, 4) is 11.5 Å². The maximum atomic E-state index is 6.21. The van der Waals surface area contributed by atoms with Crippen molar-refractivity contribution in [2.75, 3.05) is 30.4 Å². The van der Waals surface area contributed by atoms with Gasteiger partial charge in [0.05, 0.1) is 11.4 Å². The number of rotatable bonds is 4. The van der Waals surface area contributed by atoms with Crippen LogP contribution >= 0.6 is 0 Å². The van der Waals surface area contributed by atoms with Gasteiger partial charge in [-0.15, -0.1) is 0 Å². The van der Waals surface area contributed by atoms with E-state index in [2.05, 4.69) is 18.7 Å². The fourth-order valence-electron chi connectivity index (χ4n) is 2.57. The first-order valence-corrected chi connectivity index (χ1v) is 7.11. The summed E-state index contributed by atoms with van der Waals surface area (Å²) < 4.78 is 11.2. The Labute approximate surface area is 114 Å². The lowest BCUT2D eigenvalue weighted by molar-refractivity contribution is 0.172. The minimum atomic E-state index is 0.601. The zero-order chi connectivity index (χ0) is 13.4. The molecule has 0 spiro atoms. The molecule has 2 N–H and O–H groups in total. The molecule has 0 atom stereocenters. The summed E-state index contributed by atoms with van der Waals surface area (Å²) in [6, 6.07) is 4.59. The minimum Gasteiger partial charge on any atom is -0.486 e. The molecule has 0 saturated heterocycles. The average Bonchev–Trinajstić information content (AvgIpc) is 3.19. The van der Waals surface area contributed by atoms with Crippen LogP contribution in [0, 0.1) is 5.92 Å². The Morgan fingerprint density at radius 2 is 1.84 bits per heavy atom. The minimum absolute atomic E-state index is 0.601. The van der Waals surface area contributed by atoms with Crippen molar-refractivity contribution in [2.24, 2.45) is 5.92 Å². The number of fused-ring (bicyclic) bond motifs is 1. The van der Waals surface area contributed by atoms with Crippen LogP contribution in [0.25, 0.3) is 0 Å². The quantitative estimate of drug-likeness (QED) is 0.847. The van der Waals surface area contributed by atoms with Gasteiger partial charge in [-0.25, -0.2) is 0 Å². The van der Waals surface area contributed by atoms with E-state index in [0.717, 1.165) is 29.4 Å². The molecule has 1 aromatic rings. The molecular formula is C15H22N2O2. The smallest absolute Gasteiger partial charge is 0.163 e. The van der Waals surface area contributed by atoms with E-state index in [1.54, 1.807) is 0 Å². The average molecular weight is 262 g/mol. The van der Waals surface area contributed by atoms with Gasteiger partial charge in [-0.3, -0.25) is 0 Å². The molecule has 1 fully saturated rings. The summed E-state index contributed by atoms with van der Waals surface area (Å²) in [5, 5.41) is 0. The van der Waals surface area contributed by atoms with Crippen LogP contribution in [0.3, 0.4) is 0 Å². The fraction of sp³-hybridized carbons (Fsp3) is 0.600. The SMILES string of the molecule is CC(C)CN(c1cc2c(cc1N)OCCO2)C1CC1. The number of hydrogen-bond donors (Lipinski definition) is 1. The summed E-state index contributed by atoms with van der Waals surface area (Å²) in [4.78, 5) is 2.43. The summed E-state index contributed by atoms with van der Waals surface area (Å²) in [7, 11) is 0. The van der Waals surface area contributed by atoms with Crippen molar-refractivity contribution in [2.45, 2.75) is 32.7 Å². The number of ether oxygens (including phenoxy) is 2. The third kappa shape index (κ3) is 2.57. The third-order valence-corrected chi connectivity index (χ3v) is 3.55. The molecule has 19 heavy (non-hydrogen) atoms. The van der Waals surface area contributed by atoms with Gasteiger partial charge in [0.15, 0.2) is 11.5 Å². The van der Waals surface area contributed by atoms with E-state index in [-0.39, 0.29) is 0 Å². The van der Waals surface area contributed by atoms with Gasteiger partial charge >= 0.3 is 0 Å². The topological polar surface area (TPSA) is 47.7 Å². The second-order valence-corrected chi connectivity index (χ2v) is 5.83. The van der Waals surface area contributed by atoms with Crippen LogP contribution in [0.15, 0.2) is 12.1 Å². The Balaban J connectivity index is 1.93. The molecule has 3 rings (SSSR count). The van der Waals surface area contributed by atoms with E-state index in [1.165, 1.54) is 12.8 Å². The Morgan fingerprint density at radius 3 is 2.42 bits per heavy atom. The van der Waals surface area contributed by atoms with Crippen LogP contribution in [-0.4, -0.2) is 25.8 Å². The van der Waals surface area contributed by atoms with Gasteiger partial charge in [-0.2, -0.15) is 0 Å². The lowest BCUT2D eigenvalue weighted by Crippen LogP contribution is -2.30. The maximum absolute atomic E-state index is 6.21. The van der Waals surface area contributed by atoms with Gasteiger partial charge in [0.25, 0.3) is 0 Å². The Kier molecular flexibility index (Phi) is 3.17. The molecule has 1 aliphatic carbocycles. The van der Waals surface area contributed by atoms with Crippen LogP contribution in [0.5, 0.6) is 11.5 Å². The monoisotopic (exact) mass is 262 g/mol. The number of nitrogens with two attached hydrogens (primary N) is 1. The van der Waals surface area contributed by atoms with Crippen molar-refractivity contribution >= 4 is 11.4 Å². The van der Waals surface area contributed by atoms with Crippen molar-refractivity contribution < 1.29 is 9.47 Å².